The van der Waals surface area contributed by atoms with Crippen LogP contribution in [0, 0.1) is 11.8 Å². The van der Waals surface area contributed by atoms with Gasteiger partial charge in [-0.05, 0) is 104 Å². The third-order valence-electron chi connectivity index (χ3n) is 8.83. The average molecular weight is 418 g/mol. The van der Waals surface area contributed by atoms with Gasteiger partial charge in [0, 0.05) is 18.0 Å². The summed E-state index contributed by atoms with van der Waals surface area (Å²) in [6.07, 6.45) is 9.04. The first-order valence-electron chi connectivity index (χ1n) is 12.3. The van der Waals surface area contributed by atoms with E-state index in [-0.39, 0.29) is 11.5 Å². The van der Waals surface area contributed by atoms with Crippen LogP contribution < -0.4 is 4.74 Å². The standard InChI is InChI=1S/C28H35NO2/c1-31-23-14-21(13-19-5-3-2-4-6-19)24-16-27-25-10-9-22(30)17-28(25,26(24)15-23)11-12-29(27)18-20-7-8-20/h2-6,14-15,20,22,25,27,30H,7-13,16-18H2,1H3/t22-,25-,27+,28-/m0/s1. The molecule has 3 aliphatic carbocycles. The summed E-state index contributed by atoms with van der Waals surface area (Å²) in [6.45, 7) is 2.48. The summed E-state index contributed by atoms with van der Waals surface area (Å²) in [5.41, 5.74) is 5.97. The van der Waals surface area contributed by atoms with Crippen LogP contribution in [-0.2, 0) is 18.3 Å². The number of fused-ring (bicyclic) bond motifs is 1. The largest absolute Gasteiger partial charge is 0.497 e. The molecule has 4 aliphatic rings. The molecule has 0 aromatic heterocycles. The SMILES string of the molecule is COc1cc(Cc2ccccc2)c2c(c1)[C@]13CCN(CC4CC4)[C@H](C2)[C@@H]1CC[C@H](O)C3. The molecule has 6 rings (SSSR count). The van der Waals surface area contributed by atoms with Crippen LogP contribution in [0.2, 0.25) is 0 Å². The van der Waals surface area contributed by atoms with Crippen LogP contribution in [0.3, 0.4) is 0 Å². The molecule has 1 aliphatic heterocycles. The molecule has 2 bridgehead atoms. The van der Waals surface area contributed by atoms with Crippen LogP contribution in [0.15, 0.2) is 42.5 Å². The predicted molar refractivity (Wildman–Crippen MR) is 124 cm³/mol. The lowest BCUT2D eigenvalue weighted by atomic mass is 9.51. The van der Waals surface area contributed by atoms with E-state index in [1.165, 1.54) is 49.0 Å². The smallest absolute Gasteiger partial charge is 0.119 e. The maximum atomic E-state index is 10.8. The normalized spacial score (nSPS) is 32.3. The lowest BCUT2D eigenvalue weighted by Crippen LogP contribution is -2.62. The molecule has 1 N–H and O–H groups in total. The van der Waals surface area contributed by atoms with E-state index in [0.717, 1.165) is 43.8 Å². The van der Waals surface area contributed by atoms with Crippen molar-refractivity contribution in [1.82, 2.24) is 4.90 Å². The Morgan fingerprint density at radius 3 is 2.71 bits per heavy atom. The number of piperidine rings is 1. The van der Waals surface area contributed by atoms with Gasteiger partial charge in [-0.2, -0.15) is 0 Å². The Morgan fingerprint density at radius 2 is 1.94 bits per heavy atom. The zero-order chi connectivity index (χ0) is 21.0. The monoisotopic (exact) mass is 417 g/mol. The van der Waals surface area contributed by atoms with Gasteiger partial charge in [-0.15, -0.1) is 0 Å². The molecule has 2 saturated carbocycles. The molecule has 0 unspecified atom stereocenters. The minimum Gasteiger partial charge on any atom is -0.497 e. The molecule has 0 spiro atoms. The Balaban J connectivity index is 1.47. The quantitative estimate of drug-likeness (QED) is 0.764. The van der Waals surface area contributed by atoms with Crippen LogP contribution in [0.25, 0.3) is 0 Å². The van der Waals surface area contributed by atoms with Gasteiger partial charge < -0.3 is 9.84 Å². The number of aliphatic hydroxyl groups is 1. The van der Waals surface area contributed by atoms with Crippen LogP contribution in [0.4, 0.5) is 0 Å². The molecule has 1 heterocycles. The van der Waals surface area contributed by atoms with Gasteiger partial charge in [0.1, 0.15) is 5.75 Å². The summed E-state index contributed by atoms with van der Waals surface area (Å²) in [5, 5.41) is 10.8. The molecule has 3 heteroatoms. The second kappa shape index (κ2) is 7.64. The molecule has 164 valence electrons. The first-order chi connectivity index (χ1) is 15.2. The highest BCUT2D eigenvalue weighted by molar-refractivity contribution is 5.51. The first-order valence-corrected chi connectivity index (χ1v) is 12.3. The van der Waals surface area contributed by atoms with Gasteiger partial charge in [-0.25, -0.2) is 0 Å². The molecule has 4 atom stereocenters. The van der Waals surface area contributed by atoms with E-state index >= 15 is 0 Å². The van der Waals surface area contributed by atoms with Gasteiger partial charge in [-0.1, -0.05) is 30.3 Å². The minimum absolute atomic E-state index is 0.121. The summed E-state index contributed by atoms with van der Waals surface area (Å²) in [7, 11) is 1.79. The fraction of sp³-hybridized carbons (Fsp3) is 0.571. The average Bonchev–Trinajstić information content (AvgIpc) is 3.60. The molecule has 1 saturated heterocycles. The number of aliphatic hydroxyl groups excluding tert-OH is 1. The van der Waals surface area contributed by atoms with E-state index in [4.69, 9.17) is 4.74 Å². The molecular formula is C28H35NO2. The van der Waals surface area contributed by atoms with Crippen LogP contribution in [0.1, 0.15) is 60.8 Å². The number of rotatable bonds is 5. The lowest BCUT2D eigenvalue weighted by molar-refractivity contribution is -0.0496. The molecule has 3 fully saturated rings. The predicted octanol–water partition coefficient (Wildman–Crippen LogP) is 4.73. The summed E-state index contributed by atoms with van der Waals surface area (Å²) in [6, 6.07) is 16.1. The Bertz CT molecular complexity index is 953. The molecular weight excluding hydrogens is 382 g/mol. The zero-order valence-corrected chi connectivity index (χ0v) is 18.7. The van der Waals surface area contributed by atoms with Gasteiger partial charge in [0.15, 0.2) is 0 Å². The summed E-state index contributed by atoms with van der Waals surface area (Å²) in [4.78, 5) is 2.84. The van der Waals surface area contributed by atoms with E-state index in [9.17, 15) is 5.11 Å². The molecule has 2 aromatic rings. The Kier molecular flexibility index (Phi) is 4.88. The summed E-state index contributed by atoms with van der Waals surface area (Å²) in [5.74, 6) is 2.59. The highest BCUT2D eigenvalue weighted by atomic mass is 16.5. The van der Waals surface area contributed by atoms with Crippen molar-refractivity contribution in [1.29, 1.82) is 0 Å². The third kappa shape index (κ3) is 3.41. The Labute approximate surface area is 186 Å². The molecule has 31 heavy (non-hydrogen) atoms. The highest BCUT2D eigenvalue weighted by Crippen LogP contribution is 2.57. The van der Waals surface area contributed by atoms with E-state index < -0.39 is 0 Å². The number of hydrogen-bond donors (Lipinski definition) is 1. The van der Waals surface area contributed by atoms with Crippen molar-refractivity contribution in [3.8, 4) is 5.75 Å². The maximum Gasteiger partial charge on any atom is 0.119 e. The fourth-order valence-electron chi connectivity index (χ4n) is 7.20. The van der Waals surface area contributed by atoms with Crippen LogP contribution >= 0.6 is 0 Å². The van der Waals surface area contributed by atoms with Crippen LogP contribution in [-0.4, -0.2) is 42.4 Å². The van der Waals surface area contributed by atoms with Gasteiger partial charge >= 0.3 is 0 Å². The maximum absolute atomic E-state index is 10.8. The van der Waals surface area contributed by atoms with Gasteiger partial charge in [0.25, 0.3) is 0 Å². The van der Waals surface area contributed by atoms with E-state index in [1.54, 1.807) is 12.7 Å². The minimum atomic E-state index is -0.165. The second-order valence-corrected chi connectivity index (χ2v) is 10.6. The van der Waals surface area contributed by atoms with E-state index in [0.29, 0.717) is 12.0 Å². The number of benzene rings is 2. The number of ether oxygens (including phenoxy) is 1. The van der Waals surface area contributed by atoms with Crippen molar-refractivity contribution in [2.45, 2.75) is 68.9 Å². The van der Waals surface area contributed by atoms with Crippen molar-refractivity contribution in [3.63, 3.8) is 0 Å². The highest BCUT2D eigenvalue weighted by Gasteiger charge is 2.56. The number of hydrogen-bond acceptors (Lipinski definition) is 3. The molecule has 0 radical (unpaired) electrons. The number of likely N-dealkylation sites (tertiary alicyclic amines) is 1. The van der Waals surface area contributed by atoms with Gasteiger partial charge in [0.05, 0.1) is 13.2 Å². The number of methoxy groups -OCH3 is 1. The third-order valence-corrected chi connectivity index (χ3v) is 8.83. The van der Waals surface area contributed by atoms with Crippen molar-refractivity contribution in [3.05, 3.63) is 64.7 Å². The second-order valence-electron chi connectivity index (χ2n) is 10.6. The van der Waals surface area contributed by atoms with Crippen molar-refractivity contribution >= 4 is 0 Å². The van der Waals surface area contributed by atoms with Crippen molar-refractivity contribution < 1.29 is 9.84 Å². The summed E-state index contributed by atoms with van der Waals surface area (Å²) >= 11 is 0. The molecule has 2 aromatic carbocycles. The fourth-order valence-corrected chi connectivity index (χ4v) is 7.20. The first kappa shape index (κ1) is 19.8. The molecule has 3 nitrogen and oxygen atoms in total. The summed E-state index contributed by atoms with van der Waals surface area (Å²) < 4.78 is 5.81. The van der Waals surface area contributed by atoms with Gasteiger partial charge in [-0.3, -0.25) is 4.90 Å². The lowest BCUT2D eigenvalue weighted by Gasteiger charge is -2.60. The topological polar surface area (TPSA) is 32.7 Å². The van der Waals surface area contributed by atoms with Crippen molar-refractivity contribution in [2.24, 2.45) is 11.8 Å². The molecule has 0 amide bonds. The van der Waals surface area contributed by atoms with Crippen molar-refractivity contribution in [2.75, 3.05) is 20.2 Å². The van der Waals surface area contributed by atoms with Gasteiger partial charge in [0.2, 0.25) is 0 Å². The van der Waals surface area contributed by atoms with E-state index in [1.807, 2.05) is 0 Å². The Hall–Kier alpha value is -1.84. The number of nitrogens with zero attached hydrogens (tertiary/aromatic N) is 1. The Morgan fingerprint density at radius 1 is 1.10 bits per heavy atom. The van der Waals surface area contributed by atoms with E-state index in [2.05, 4.69) is 47.4 Å². The zero-order valence-electron chi connectivity index (χ0n) is 18.7. The van der Waals surface area contributed by atoms with Crippen LogP contribution in [0.5, 0.6) is 5.75 Å².